The molecular formula is C15H23N5O. The van der Waals surface area contributed by atoms with Gasteiger partial charge in [-0.25, -0.2) is 0 Å². The van der Waals surface area contributed by atoms with Gasteiger partial charge >= 0.3 is 0 Å². The molecule has 2 rings (SSSR count). The standard InChI is InChI=1S/C15H23N5O/c1-16-15(18-11-13-7-3-4-8-17-13)19-12-14(21)20-9-5-2-6-10-20/h3-4,7-8H,2,5-6,9-12H2,1H3,(H2,16,18,19). The van der Waals surface area contributed by atoms with Crippen molar-refractivity contribution in [2.75, 3.05) is 26.7 Å². The maximum Gasteiger partial charge on any atom is 0.241 e. The fourth-order valence-corrected chi connectivity index (χ4v) is 2.31. The second kappa shape index (κ2) is 8.24. The van der Waals surface area contributed by atoms with Crippen molar-refractivity contribution >= 4 is 11.9 Å². The third-order valence-corrected chi connectivity index (χ3v) is 3.50. The number of carbonyl (C=O) groups is 1. The van der Waals surface area contributed by atoms with Crippen molar-refractivity contribution in [2.45, 2.75) is 25.8 Å². The van der Waals surface area contributed by atoms with E-state index in [1.54, 1.807) is 13.2 Å². The monoisotopic (exact) mass is 289 g/mol. The van der Waals surface area contributed by atoms with E-state index in [1.807, 2.05) is 23.1 Å². The summed E-state index contributed by atoms with van der Waals surface area (Å²) in [5.41, 5.74) is 0.933. The summed E-state index contributed by atoms with van der Waals surface area (Å²) in [6.45, 7) is 2.61. The SMILES string of the molecule is CN=C(NCC(=O)N1CCCCC1)NCc1ccccn1. The molecule has 1 aromatic heterocycles. The number of aromatic nitrogens is 1. The lowest BCUT2D eigenvalue weighted by atomic mass is 10.1. The van der Waals surface area contributed by atoms with Gasteiger partial charge in [0.1, 0.15) is 0 Å². The number of hydrogen-bond donors (Lipinski definition) is 2. The highest BCUT2D eigenvalue weighted by molar-refractivity contribution is 5.86. The van der Waals surface area contributed by atoms with E-state index in [9.17, 15) is 4.79 Å². The quantitative estimate of drug-likeness (QED) is 0.634. The molecule has 2 N–H and O–H groups in total. The Hall–Kier alpha value is -2.11. The van der Waals surface area contributed by atoms with Gasteiger partial charge in [-0.3, -0.25) is 14.8 Å². The number of pyridine rings is 1. The number of nitrogens with zero attached hydrogens (tertiary/aromatic N) is 3. The molecule has 1 aliphatic heterocycles. The fourth-order valence-electron chi connectivity index (χ4n) is 2.31. The van der Waals surface area contributed by atoms with E-state index in [0.29, 0.717) is 12.5 Å². The predicted molar refractivity (Wildman–Crippen MR) is 82.9 cm³/mol. The molecule has 0 spiro atoms. The Kier molecular flexibility index (Phi) is 5.99. The molecule has 6 nitrogen and oxygen atoms in total. The number of aliphatic imine (C=N–C) groups is 1. The van der Waals surface area contributed by atoms with Crippen LogP contribution in [0.5, 0.6) is 0 Å². The Bertz CT molecular complexity index is 468. The van der Waals surface area contributed by atoms with Crippen LogP contribution in [0.1, 0.15) is 25.0 Å². The maximum absolute atomic E-state index is 12.1. The molecule has 0 bridgehead atoms. The lowest BCUT2D eigenvalue weighted by Crippen LogP contribution is -2.45. The first-order valence-electron chi connectivity index (χ1n) is 7.42. The van der Waals surface area contributed by atoms with Crippen molar-refractivity contribution in [1.29, 1.82) is 0 Å². The second-order valence-electron chi connectivity index (χ2n) is 5.04. The van der Waals surface area contributed by atoms with Crippen LogP contribution in [-0.4, -0.2) is 48.4 Å². The average molecular weight is 289 g/mol. The summed E-state index contributed by atoms with van der Waals surface area (Å²) in [5.74, 6) is 0.751. The minimum absolute atomic E-state index is 0.135. The Morgan fingerprint density at radius 3 is 2.76 bits per heavy atom. The summed E-state index contributed by atoms with van der Waals surface area (Å²) in [6, 6.07) is 5.77. The number of rotatable bonds is 4. The molecule has 1 aromatic rings. The number of amides is 1. The maximum atomic E-state index is 12.1. The van der Waals surface area contributed by atoms with Gasteiger partial charge in [-0.15, -0.1) is 0 Å². The van der Waals surface area contributed by atoms with Crippen LogP contribution in [0.4, 0.5) is 0 Å². The van der Waals surface area contributed by atoms with Crippen LogP contribution in [0.2, 0.25) is 0 Å². The number of likely N-dealkylation sites (tertiary alicyclic amines) is 1. The second-order valence-corrected chi connectivity index (χ2v) is 5.04. The van der Waals surface area contributed by atoms with Gasteiger partial charge in [-0.2, -0.15) is 0 Å². The largest absolute Gasteiger partial charge is 0.351 e. The van der Waals surface area contributed by atoms with Gasteiger partial charge in [0.25, 0.3) is 0 Å². The molecule has 0 unspecified atom stereocenters. The van der Waals surface area contributed by atoms with Crippen LogP contribution in [0.25, 0.3) is 0 Å². The first-order valence-corrected chi connectivity index (χ1v) is 7.42. The van der Waals surface area contributed by atoms with E-state index in [-0.39, 0.29) is 12.5 Å². The molecule has 0 aliphatic carbocycles. The molecule has 114 valence electrons. The first-order chi connectivity index (χ1) is 10.3. The topological polar surface area (TPSA) is 69.6 Å². The van der Waals surface area contributed by atoms with E-state index in [0.717, 1.165) is 31.6 Å². The molecule has 1 amide bonds. The Morgan fingerprint density at radius 2 is 2.10 bits per heavy atom. The number of nitrogens with one attached hydrogen (secondary N) is 2. The molecule has 0 saturated carbocycles. The van der Waals surface area contributed by atoms with E-state index >= 15 is 0 Å². The van der Waals surface area contributed by atoms with Crippen LogP contribution in [0.3, 0.4) is 0 Å². The summed E-state index contributed by atoms with van der Waals surface area (Å²) in [4.78, 5) is 22.3. The minimum Gasteiger partial charge on any atom is -0.351 e. The molecule has 2 heterocycles. The van der Waals surface area contributed by atoms with Crippen LogP contribution in [-0.2, 0) is 11.3 Å². The van der Waals surface area contributed by atoms with Crippen LogP contribution in [0, 0.1) is 0 Å². The summed E-state index contributed by atoms with van der Waals surface area (Å²) in [5, 5.41) is 6.21. The Balaban J connectivity index is 1.73. The van der Waals surface area contributed by atoms with Gasteiger partial charge in [-0.05, 0) is 31.4 Å². The highest BCUT2D eigenvalue weighted by atomic mass is 16.2. The number of piperidine rings is 1. The molecule has 0 atom stereocenters. The molecule has 0 radical (unpaired) electrons. The predicted octanol–water partition coefficient (Wildman–Crippen LogP) is 0.759. The zero-order chi connectivity index (χ0) is 14.9. The van der Waals surface area contributed by atoms with Gasteiger partial charge in [0.05, 0.1) is 18.8 Å². The van der Waals surface area contributed by atoms with Crippen LogP contribution >= 0.6 is 0 Å². The summed E-state index contributed by atoms with van der Waals surface area (Å²) in [6.07, 6.45) is 5.20. The van der Waals surface area contributed by atoms with Gasteiger partial charge < -0.3 is 15.5 Å². The van der Waals surface area contributed by atoms with Gasteiger partial charge in [0.15, 0.2) is 5.96 Å². The van der Waals surface area contributed by atoms with Gasteiger partial charge in [0, 0.05) is 26.3 Å². The normalized spacial score (nSPS) is 15.7. The van der Waals surface area contributed by atoms with Crippen molar-refractivity contribution in [3.8, 4) is 0 Å². The molecule has 1 saturated heterocycles. The molecule has 0 aromatic carbocycles. The Labute approximate surface area is 125 Å². The lowest BCUT2D eigenvalue weighted by Gasteiger charge is -2.27. The van der Waals surface area contributed by atoms with Crippen molar-refractivity contribution in [2.24, 2.45) is 4.99 Å². The van der Waals surface area contributed by atoms with Gasteiger partial charge in [-0.1, -0.05) is 6.07 Å². The van der Waals surface area contributed by atoms with Crippen molar-refractivity contribution in [3.63, 3.8) is 0 Å². The summed E-state index contributed by atoms with van der Waals surface area (Å²) < 4.78 is 0. The highest BCUT2D eigenvalue weighted by Gasteiger charge is 2.16. The molecular weight excluding hydrogens is 266 g/mol. The minimum atomic E-state index is 0.135. The van der Waals surface area contributed by atoms with Crippen molar-refractivity contribution in [3.05, 3.63) is 30.1 Å². The molecule has 1 fully saturated rings. The zero-order valence-corrected chi connectivity index (χ0v) is 12.5. The third kappa shape index (κ3) is 5.06. The van der Waals surface area contributed by atoms with E-state index in [2.05, 4.69) is 20.6 Å². The summed E-state index contributed by atoms with van der Waals surface area (Å²) >= 11 is 0. The van der Waals surface area contributed by atoms with Crippen LogP contribution < -0.4 is 10.6 Å². The number of carbonyl (C=O) groups excluding carboxylic acids is 1. The van der Waals surface area contributed by atoms with Crippen molar-refractivity contribution < 1.29 is 4.79 Å². The Morgan fingerprint density at radius 1 is 1.29 bits per heavy atom. The van der Waals surface area contributed by atoms with Crippen molar-refractivity contribution in [1.82, 2.24) is 20.5 Å². The number of guanidine groups is 1. The van der Waals surface area contributed by atoms with E-state index in [4.69, 9.17) is 0 Å². The first kappa shape index (κ1) is 15.3. The average Bonchev–Trinajstić information content (AvgIpc) is 2.56. The third-order valence-electron chi connectivity index (χ3n) is 3.50. The van der Waals surface area contributed by atoms with E-state index < -0.39 is 0 Å². The van der Waals surface area contributed by atoms with Gasteiger partial charge in [0.2, 0.25) is 5.91 Å². The van der Waals surface area contributed by atoms with E-state index in [1.165, 1.54) is 6.42 Å². The fraction of sp³-hybridized carbons (Fsp3) is 0.533. The van der Waals surface area contributed by atoms with Crippen LogP contribution in [0.15, 0.2) is 29.4 Å². The number of hydrogen-bond acceptors (Lipinski definition) is 3. The molecule has 21 heavy (non-hydrogen) atoms. The lowest BCUT2D eigenvalue weighted by molar-refractivity contribution is -0.130. The zero-order valence-electron chi connectivity index (χ0n) is 12.5. The smallest absolute Gasteiger partial charge is 0.241 e. The molecule has 6 heteroatoms. The highest BCUT2D eigenvalue weighted by Crippen LogP contribution is 2.08. The molecule has 1 aliphatic rings. The summed E-state index contributed by atoms with van der Waals surface area (Å²) in [7, 11) is 1.69.